The number of hydrogen-bond donors (Lipinski definition) is 1. The van der Waals surface area contributed by atoms with Crippen LogP contribution in [0, 0.1) is 0 Å². The van der Waals surface area contributed by atoms with Crippen molar-refractivity contribution in [2.24, 2.45) is 0 Å². The van der Waals surface area contributed by atoms with Crippen molar-refractivity contribution in [1.82, 2.24) is 24.6 Å². The molecule has 0 unspecified atom stereocenters. The number of thiazole rings is 1. The molecule has 2 aromatic heterocycles. The Kier molecular flexibility index (Phi) is 6.55. The summed E-state index contributed by atoms with van der Waals surface area (Å²) in [5.41, 5.74) is 0.982. The Balaban J connectivity index is 1.54. The maximum Gasteiger partial charge on any atom is 0.239 e. The molecule has 1 N–H and O–H groups in total. The number of amides is 1. The van der Waals surface area contributed by atoms with Gasteiger partial charge in [0.25, 0.3) is 0 Å². The second kappa shape index (κ2) is 9.49. The minimum Gasteiger partial charge on any atom is -0.379 e. The minimum atomic E-state index is -0.346. The number of thioether (sulfide) groups is 1. The maximum absolute atomic E-state index is 12.5. The molecule has 1 aliphatic rings. The molecule has 0 spiro atoms. The van der Waals surface area contributed by atoms with Gasteiger partial charge in [0.1, 0.15) is 0 Å². The van der Waals surface area contributed by atoms with Crippen molar-refractivity contribution in [3.05, 3.63) is 47.7 Å². The highest BCUT2D eigenvalue weighted by Crippen LogP contribution is 2.27. The lowest BCUT2D eigenvalue weighted by Gasteiger charge is -2.26. The number of ether oxygens (including phenoxy) is 1. The molecular weight excluding hydrogens is 408 g/mol. The van der Waals surface area contributed by atoms with E-state index in [0.717, 1.165) is 37.8 Å². The fourth-order valence-electron chi connectivity index (χ4n) is 2.98. The van der Waals surface area contributed by atoms with Crippen LogP contribution < -0.4 is 5.32 Å². The number of anilines is 1. The van der Waals surface area contributed by atoms with Crippen LogP contribution in [0.1, 0.15) is 12.7 Å². The van der Waals surface area contributed by atoms with Crippen molar-refractivity contribution >= 4 is 34.1 Å². The van der Waals surface area contributed by atoms with Crippen molar-refractivity contribution in [2.75, 3.05) is 31.6 Å². The molecule has 8 nitrogen and oxygen atoms in total. The highest BCUT2D eigenvalue weighted by Gasteiger charge is 2.23. The van der Waals surface area contributed by atoms with E-state index < -0.39 is 0 Å². The Morgan fingerprint density at radius 1 is 1.28 bits per heavy atom. The minimum absolute atomic E-state index is 0.109. The van der Waals surface area contributed by atoms with E-state index in [0.29, 0.717) is 16.8 Å². The van der Waals surface area contributed by atoms with E-state index in [1.54, 1.807) is 6.20 Å². The molecule has 1 fully saturated rings. The molecule has 10 heteroatoms. The molecule has 1 saturated heterocycles. The summed E-state index contributed by atoms with van der Waals surface area (Å²) in [4.78, 5) is 19.0. The van der Waals surface area contributed by atoms with Gasteiger partial charge in [-0.25, -0.2) is 4.98 Å². The molecular formula is C19H22N6O2S2. The van der Waals surface area contributed by atoms with Crippen molar-refractivity contribution in [1.29, 1.82) is 0 Å². The fourth-order valence-corrected chi connectivity index (χ4v) is 4.40. The Morgan fingerprint density at radius 2 is 2.07 bits per heavy atom. The van der Waals surface area contributed by atoms with Crippen molar-refractivity contribution < 1.29 is 9.53 Å². The summed E-state index contributed by atoms with van der Waals surface area (Å²) in [6.07, 6.45) is 1.67. The van der Waals surface area contributed by atoms with E-state index in [4.69, 9.17) is 4.74 Å². The van der Waals surface area contributed by atoms with Crippen LogP contribution in [-0.4, -0.2) is 62.1 Å². The summed E-state index contributed by atoms with van der Waals surface area (Å²) >= 11 is 2.79. The Labute approximate surface area is 177 Å². The fraction of sp³-hybridized carbons (Fsp3) is 0.368. The lowest BCUT2D eigenvalue weighted by molar-refractivity contribution is -0.115. The smallest absolute Gasteiger partial charge is 0.239 e. The molecule has 0 aliphatic carbocycles. The van der Waals surface area contributed by atoms with Crippen LogP contribution in [0.5, 0.6) is 0 Å². The SMILES string of the molecule is C[C@@H](Sc1nnc(CN2CCOCC2)n1-c1ccccc1)C(=O)Nc1nccs1. The van der Waals surface area contributed by atoms with E-state index in [2.05, 4.69) is 25.4 Å². The van der Waals surface area contributed by atoms with Crippen LogP contribution >= 0.6 is 23.1 Å². The van der Waals surface area contributed by atoms with Gasteiger partial charge in [-0.15, -0.1) is 21.5 Å². The first kappa shape index (κ1) is 20.0. The lowest BCUT2D eigenvalue weighted by Crippen LogP contribution is -2.36. The average molecular weight is 431 g/mol. The number of benzene rings is 1. The standard InChI is InChI=1S/C19H22N6O2S2/c1-14(17(26)21-18-20-7-12-28-18)29-19-23-22-16(13-24-8-10-27-11-9-24)25(19)15-5-3-2-4-6-15/h2-7,12,14H,8-11,13H2,1H3,(H,20,21,26)/t14-/m1/s1. The monoisotopic (exact) mass is 430 g/mol. The third kappa shape index (κ3) is 5.02. The van der Waals surface area contributed by atoms with Crippen LogP contribution in [0.3, 0.4) is 0 Å². The van der Waals surface area contributed by atoms with Gasteiger partial charge in [0.05, 0.1) is 25.0 Å². The summed E-state index contributed by atoms with van der Waals surface area (Å²) < 4.78 is 7.48. The Hall–Kier alpha value is -2.27. The van der Waals surface area contributed by atoms with Crippen molar-refractivity contribution in [2.45, 2.75) is 23.9 Å². The van der Waals surface area contributed by atoms with Gasteiger partial charge in [0.15, 0.2) is 16.1 Å². The largest absolute Gasteiger partial charge is 0.379 e. The molecule has 29 heavy (non-hydrogen) atoms. The average Bonchev–Trinajstić information content (AvgIpc) is 3.39. The molecule has 0 saturated carbocycles. The number of nitrogens with one attached hydrogen (secondary N) is 1. The zero-order valence-electron chi connectivity index (χ0n) is 16.0. The first-order valence-corrected chi connectivity index (χ1v) is 11.1. The summed E-state index contributed by atoms with van der Waals surface area (Å²) in [5.74, 6) is 0.746. The second-order valence-electron chi connectivity index (χ2n) is 6.54. The number of aromatic nitrogens is 4. The van der Waals surface area contributed by atoms with Gasteiger partial charge in [0.2, 0.25) is 5.91 Å². The van der Waals surface area contributed by atoms with Crippen LogP contribution in [0.4, 0.5) is 5.13 Å². The Bertz CT molecular complexity index is 926. The summed E-state index contributed by atoms with van der Waals surface area (Å²) in [6, 6.07) is 10.0. The lowest BCUT2D eigenvalue weighted by atomic mass is 10.3. The van der Waals surface area contributed by atoms with E-state index in [1.165, 1.54) is 23.1 Å². The molecule has 0 radical (unpaired) electrons. The highest BCUT2D eigenvalue weighted by atomic mass is 32.2. The number of morpholine rings is 1. The summed E-state index contributed by atoms with van der Waals surface area (Å²) in [6.45, 7) is 5.75. The first-order chi connectivity index (χ1) is 14.2. The zero-order chi connectivity index (χ0) is 20.1. The van der Waals surface area contributed by atoms with Gasteiger partial charge in [-0.2, -0.15) is 0 Å². The number of carbonyl (C=O) groups is 1. The molecule has 3 heterocycles. The predicted molar refractivity (Wildman–Crippen MR) is 114 cm³/mol. The Morgan fingerprint density at radius 3 is 2.79 bits per heavy atom. The number of hydrogen-bond acceptors (Lipinski definition) is 8. The van der Waals surface area contributed by atoms with Gasteiger partial charge < -0.3 is 10.1 Å². The van der Waals surface area contributed by atoms with Gasteiger partial charge in [-0.05, 0) is 19.1 Å². The second-order valence-corrected chi connectivity index (χ2v) is 8.75. The number of carbonyl (C=O) groups excluding carboxylic acids is 1. The number of rotatable bonds is 7. The van der Waals surface area contributed by atoms with Crippen LogP contribution in [-0.2, 0) is 16.1 Å². The third-order valence-corrected chi connectivity index (χ3v) is 6.23. The number of nitrogens with zero attached hydrogens (tertiary/aromatic N) is 5. The summed E-state index contributed by atoms with van der Waals surface area (Å²) in [7, 11) is 0. The third-order valence-electron chi connectivity index (χ3n) is 4.50. The van der Waals surface area contributed by atoms with Gasteiger partial charge >= 0.3 is 0 Å². The molecule has 3 aromatic rings. The van der Waals surface area contributed by atoms with E-state index in [9.17, 15) is 4.79 Å². The van der Waals surface area contributed by atoms with Crippen LogP contribution in [0.2, 0.25) is 0 Å². The highest BCUT2D eigenvalue weighted by molar-refractivity contribution is 8.00. The normalized spacial score (nSPS) is 15.9. The molecule has 1 aliphatic heterocycles. The number of para-hydroxylation sites is 1. The van der Waals surface area contributed by atoms with Crippen LogP contribution in [0.15, 0.2) is 47.1 Å². The first-order valence-electron chi connectivity index (χ1n) is 9.37. The van der Waals surface area contributed by atoms with Gasteiger partial charge in [-0.3, -0.25) is 14.3 Å². The molecule has 152 valence electrons. The molecule has 1 atom stereocenters. The predicted octanol–water partition coefficient (Wildman–Crippen LogP) is 2.68. The molecule has 1 amide bonds. The van der Waals surface area contributed by atoms with E-state index in [1.807, 2.05) is 47.2 Å². The van der Waals surface area contributed by atoms with Crippen molar-refractivity contribution in [3.63, 3.8) is 0 Å². The maximum atomic E-state index is 12.5. The zero-order valence-corrected chi connectivity index (χ0v) is 17.7. The topological polar surface area (TPSA) is 85.2 Å². The quantitative estimate of drug-likeness (QED) is 0.577. The van der Waals surface area contributed by atoms with Gasteiger partial charge in [0, 0.05) is 30.4 Å². The molecule has 4 rings (SSSR count). The van der Waals surface area contributed by atoms with Crippen molar-refractivity contribution in [3.8, 4) is 5.69 Å². The van der Waals surface area contributed by atoms with Gasteiger partial charge in [-0.1, -0.05) is 30.0 Å². The summed E-state index contributed by atoms with van der Waals surface area (Å²) in [5, 5.41) is 14.5. The molecule has 0 bridgehead atoms. The van der Waals surface area contributed by atoms with E-state index >= 15 is 0 Å². The molecule has 1 aromatic carbocycles. The van der Waals surface area contributed by atoms with E-state index in [-0.39, 0.29) is 11.2 Å². The van der Waals surface area contributed by atoms with Crippen LogP contribution in [0.25, 0.3) is 5.69 Å².